The highest BCUT2D eigenvalue weighted by Crippen LogP contribution is 2.32. The summed E-state index contributed by atoms with van der Waals surface area (Å²) in [5, 5.41) is 0. The smallest absolute Gasteiger partial charge is 0.355 e. The number of hydrogen-bond donors (Lipinski definition) is 0. The Morgan fingerprint density at radius 2 is 1.55 bits per heavy atom. The number of carbonyl (C=O) groups excluding carboxylic acids is 2. The van der Waals surface area contributed by atoms with Crippen LogP contribution in [-0.2, 0) is 19.1 Å². The highest BCUT2D eigenvalue weighted by atomic mass is 16.5. The Bertz CT molecular complexity index is 1370. The van der Waals surface area contributed by atoms with Crippen molar-refractivity contribution in [2.45, 2.75) is 6.92 Å². The average molecular weight is 444 g/mol. The molecule has 0 aliphatic carbocycles. The second-order valence-electron chi connectivity index (χ2n) is 7.73. The minimum atomic E-state index is -0.661. The Morgan fingerprint density at radius 1 is 0.879 bits per heavy atom. The fourth-order valence-electron chi connectivity index (χ4n) is 3.69. The third-order valence-corrected chi connectivity index (χ3v) is 5.40. The van der Waals surface area contributed by atoms with E-state index in [0.717, 1.165) is 27.8 Å². The summed E-state index contributed by atoms with van der Waals surface area (Å²) in [6.45, 7) is 1.91. The summed E-state index contributed by atoms with van der Waals surface area (Å²) in [6, 6.07) is 9.69. The van der Waals surface area contributed by atoms with Gasteiger partial charge in [0.1, 0.15) is 5.70 Å². The zero-order chi connectivity index (χ0) is 23.7. The number of allylic oxidation sites excluding steroid dienone is 2. The van der Waals surface area contributed by atoms with Gasteiger partial charge in [-0.2, -0.15) is 0 Å². The van der Waals surface area contributed by atoms with Crippen molar-refractivity contribution in [3.8, 4) is 0 Å². The molecule has 0 radical (unpaired) electrons. The van der Waals surface area contributed by atoms with E-state index in [-0.39, 0.29) is 11.3 Å². The van der Waals surface area contributed by atoms with E-state index >= 15 is 0 Å². The van der Waals surface area contributed by atoms with Gasteiger partial charge in [0.25, 0.3) is 0 Å². The summed E-state index contributed by atoms with van der Waals surface area (Å²) in [5.41, 5.74) is 5.62. The molecule has 3 aromatic rings. The molecular weight excluding hydrogens is 420 g/mol. The van der Waals surface area contributed by atoms with Crippen molar-refractivity contribution in [3.05, 3.63) is 71.6 Å². The second-order valence-corrected chi connectivity index (χ2v) is 7.73. The normalized spacial score (nSPS) is 13.4. The Kier molecular flexibility index (Phi) is 5.83. The predicted molar refractivity (Wildman–Crippen MR) is 128 cm³/mol. The van der Waals surface area contributed by atoms with Gasteiger partial charge < -0.3 is 19.3 Å². The zero-order valence-corrected chi connectivity index (χ0v) is 19.1. The van der Waals surface area contributed by atoms with E-state index in [9.17, 15) is 9.59 Å². The largest absolute Gasteiger partial charge is 0.465 e. The van der Waals surface area contributed by atoms with Gasteiger partial charge in [-0.15, -0.1) is 0 Å². The molecule has 8 heteroatoms. The fourth-order valence-corrected chi connectivity index (χ4v) is 3.69. The van der Waals surface area contributed by atoms with Crippen LogP contribution in [0.15, 0.2) is 66.0 Å². The third-order valence-electron chi connectivity index (χ3n) is 5.40. The molecule has 0 N–H and O–H groups in total. The molecule has 0 atom stereocenters. The van der Waals surface area contributed by atoms with Crippen molar-refractivity contribution in [1.29, 1.82) is 0 Å². The summed E-state index contributed by atoms with van der Waals surface area (Å²) in [4.78, 5) is 38.4. The number of methoxy groups -OCH3 is 2. The van der Waals surface area contributed by atoms with Crippen LogP contribution in [0.5, 0.6) is 0 Å². The van der Waals surface area contributed by atoms with Crippen LogP contribution >= 0.6 is 0 Å². The first-order valence-electron chi connectivity index (χ1n) is 10.3. The molecule has 8 nitrogen and oxygen atoms in total. The van der Waals surface area contributed by atoms with E-state index < -0.39 is 11.9 Å². The van der Waals surface area contributed by atoms with Gasteiger partial charge in [-0.3, -0.25) is 0 Å². The van der Waals surface area contributed by atoms with E-state index in [1.165, 1.54) is 20.3 Å². The molecule has 0 fully saturated rings. The Morgan fingerprint density at radius 3 is 2.24 bits per heavy atom. The van der Waals surface area contributed by atoms with Gasteiger partial charge in [-0.1, -0.05) is 6.08 Å². The highest BCUT2D eigenvalue weighted by Gasteiger charge is 2.28. The fraction of sp³-hybridized carbons (Fsp3) is 0.200. The summed E-state index contributed by atoms with van der Waals surface area (Å²) in [7, 11) is 6.48. The number of hydrogen-bond acceptors (Lipinski definition) is 8. The number of carbonyl (C=O) groups is 2. The highest BCUT2D eigenvalue weighted by molar-refractivity contribution is 6.06. The summed E-state index contributed by atoms with van der Waals surface area (Å²) in [6.07, 6.45) is 6.63. The number of fused-ring (bicyclic) bond motifs is 2. The maximum absolute atomic E-state index is 12.8. The van der Waals surface area contributed by atoms with Crippen LogP contribution < -0.4 is 9.80 Å². The predicted octanol–water partition coefficient (Wildman–Crippen LogP) is 3.65. The first-order chi connectivity index (χ1) is 15.8. The van der Waals surface area contributed by atoms with E-state index in [4.69, 9.17) is 19.4 Å². The van der Waals surface area contributed by atoms with Crippen molar-refractivity contribution in [1.82, 2.24) is 9.97 Å². The first-order valence-corrected chi connectivity index (χ1v) is 10.3. The van der Waals surface area contributed by atoms with Gasteiger partial charge in [0.05, 0.1) is 47.5 Å². The first kappa shape index (κ1) is 22.0. The molecule has 2 heterocycles. The standard InChI is InChI=1S/C25H24N4O4/c1-15-12-19-21(27-20-13-16(28(2)3)9-10-18(20)26-19)14-22(15)29-11-7-6-8-17(24(30)32-4)23(29)25(31)33-5/h6-14H,1-5H3. The molecule has 0 spiro atoms. The zero-order valence-electron chi connectivity index (χ0n) is 19.1. The van der Waals surface area contributed by atoms with Crippen molar-refractivity contribution in [2.75, 3.05) is 38.1 Å². The second kappa shape index (κ2) is 8.74. The van der Waals surface area contributed by atoms with Gasteiger partial charge in [-0.05, 0) is 55.0 Å². The monoisotopic (exact) mass is 444 g/mol. The quantitative estimate of drug-likeness (QED) is 0.445. The van der Waals surface area contributed by atoms with Gasteiger partial charge in [0, 0.05) is 26.0 Å². The Labute approximate surface area is 191 Å². The average Bonchev–Trinajstić information content (AvgIpc) is 3.04. The third kappa shape index (κ3) is 4.03. The number of aryl methyl sites for hydroxylation is 1. The number of nitrogens with zero attached hydrogens (tertiary/aromatic N) is 4. The minimum absolute atomic E-state index is 0.0560. The van der Waals surface area contributed by atoms with E-state index in [1.54, 1.807) is 23.3 Å². The molecule has 168 valence electrons. The number of benzene rings is 2. The van der Waals surface area contributed by atoms with Crippen LogP contribution in [0.25, 0.3) is 22.1 Å². The lowest BCUT2D eigenvalue weighted by molar-refractivity contribution is -0.139. The lowest BCUT2D eigenvalue weighted by Gasteiger charge is -2.25. The molecular formula is C25H24N4O4. The van der Waals surface area contributed by atoms with Crippen molar-refractivity contribution in [2.24, 2.45) is 0 Å². The molecule has 0 saturated carbocycles. The van der Waals surface area contributed by atoms with E-state index in [0.29, 0.717) is 11.2 Å². The summed E-state index contributed by atoms with van der Waals surface area (Å²) in [5.74, 6) is -1.30. The Hall–Kier alpha value is -4.20. The van der Waals surface area contributed by atoms with Crippen molar-refractivity contribution < 1.29 is 19.1 Å². The molecule has 4 rings (SSSR count). The minimum Gasteiger partial charge on any atom is -0.465 e. The molecule has 1 aromatic heterocycles. The number of esters is 2. The van der Waals surface area contributed by atoms with Crippen LogP contribution in [0.4, 0.5) is 11.4 Å². The maximum atomic E-state index is 12.8. The molecule has 1 aliphatic rings. The SMILES string of the molecule is COC(=O)C1=C(C(=O)OC)N(c2cc3nc4cc(N(C)C)ccc4nc3cc2C)C=CC=C1. The molecule has 1 aliphatic heterocycles. The number of ether oxygens (including phenoxy) is 2. The number of anilines is 2. The summed E-state index contributed by atoms with van der Waals surface area (Å²) < 4.78 is 9.89. The maximum Gasteiger partial charge on any atom is 0.355 e. The molecule has 2 aromatic carbocycles. The van der Waals surface area contributed by atoms with E-state index in [2.05, 4.69) is 0 Å². The number of aromatic nitrogens is 2. The van der Waals surface area contributed by atoms with Gasteiger partial charge >= 0.3 is 11.9 Å². The Balaban J connectivity index is 1.94. The lowest BCUT2D eigenvalue weighted by atomic mass is 10.1. The topological polar surface area (TPSA) is 84.9 Å². The number of rotatable bonds is 4. The van der Waals surface area contributed by atoms with Crippen LogP contribution in [0.3, 0.4) is 0 Å². The van der Waals surface area contributed by atoms with Crippen LogP contribution in [-0.4, -0.2) is 50.2 Å². The van der Waals surface area contributed by atoms with Crippen LogP contribution in [0, 0.1) is 6.92 Å². The van der Waals surface area contributed by atoms with E-state index in [1.807, 2.05) is 56.3 Å². The van der Waals surface area contributed by atoms with Crippen LogP contribution in [0.2, 0.25) is 0 Å². The van der Waals surface area contributed by atoms with Crippen molar-refractivity contribution in [3.63, 3.8) is 0 Å². The molecule has 0 saturated heterocycles. The van der Waals surface area contributed by atoms with Crippen LogP contribution in [0.1, 0.15) is 5.56 Å². The molecule has 0 unspecified atom stereocenters. The van der Waals surface area contributed by atoms with Gasteiger partial charge in [0.2, 0.25) is 0 Å². The molecule has 33 heavy (non-hydrogen) atoms. The molecule has 0 amide bonds. The van der Waals surface area contributed by atoms with Gasteiger partial charge in [-0.25, -0.2) is 19.6 Å². The van der Waals surface area contributed by atoms with Gasteiger partial charge in [0.15, 0.2) is 0 Å². The van der Waals surface area contributed by atoms with Crippen molar-refractivity contribution >= 4 is 45.4 Å². The molecule has 0 bridgehead atoms. The lowest BCUT2D eigenvalue weighted by Crippen LogP contribution is -2.27. The summed E-state index contributed by atoms with van der Waals surface area (Å²) >= 11 is 0.